The van der Waals surface area contributed by atoms with Gasteiger partial charge in [0.05, 0.1) is 5.69 Å². The molecule has 0 atom stereocenters. The Morgan fingerprint density at radius 1 is 0.897 bits per heavy atom. The average Bonchev–Trinajstić information content (AvgIpc) is 3.12. The number of anilines is 2. The van der Waals surface area contributed by atoms with Crippen molar-refractivity contribution in [2.24, 2.45) is 0 Å². The molecule has 0 N–H and O–H groups in total. The van der Waals surface area contributed by atoms with Crippen molar-refractivity contribution in [1.82, 2.24) is 29.5 Å². The minimum atomic E-state index is -0.332. The SMILES string of the molecule is Cc1nc2ncnn2c(N2CCN(c3nc(C(C)(C)C)nc(C)c3F)CC2)c1C. The van der Waals surface area contributed by atoms with Crippen LogP contribution in [0.2, 0.25) is 0 Å². The Hall–Kier alpha value is -2.84. The van der Waals surface area contributed by atoms with Gasteiger partial charge in [0.2, 0.25) is 0 Å². The number of halogens is 1. The minimum Gasteiger partial charge on any atom is -0.353 e. The lowest BCUT2D eigenvalue weighted by Gasteiger charge is -2.37. The van der Waals surface area contributed by atoms with E-state index < -0.39 is 0 Å². The monoisotopic (exact) mass is 398 g/mol. The molecule has 1 saturated heterocycles. The fraction of sp³-hybridized carbons (Fsp3) is 0.550. The molecular formula is C20H27FN8. The number of rotatable bonds is 2. The van der Waals surface area contributed by atoms with Crippen LogP contribution in [-0.4, -0.2) is 55.7 Å². The Balaban J connectivity index is 1.62. The Morgan fingerprint density at radius 2 is 1.55 bits per heavy atom. The maximum Gasteiger partial charge on any atom is 0.254 e. The third-order valence-corrected chi connectivity index (χ3v) is 5.43. The number of hydrogen-bond acceptors (Lipinski definition) is 7. The minimum absolute atomic E-state index is 0.237. The van der Waals surface area contributed by atoms with E-state index in [0.29, 0.717) is 36.2 Å². The predicted octanol–water partition coefficient (Wildman–Crippen LogP) is 2.60. The summed E-state index contributed by atoms with van der Waals surface area (Å²) in [7, 11) is 0. The lowest BCUT2D eigenvalue weighted by molar-refractivity contribution is 0.516. The third kappa shape index (κ3) is 3.38. The van der Waals surface area contributed by atoms with E-state index in [1.807, 2.05) is 39.5 Å². The molecule has 3 aromatic heterocycles. The average molecular weight is 398 g/mol. The molecule has 29 heavy (non-hydrogen) atoms. The summed E-state index contributed by atoms with van der Waals surface area (Å²) in [6.45, 7) is 14.6. The number of hydrogen-bond donors (Lipinski definition) is 0. The Labute approximate surface area is 169 Å². The lowest BCUT2D eigenvalue weighted by Crippen LogP contribution is -2.48. The third-order valence-electron chi connectivity index (χ3n) is 5.43. The molecule has 3 aromatic rings. The Bertz CT molecular complexity index is 1060. The van der Waals surface area contributed by atoms with Crippen molar-refractivity contribution in [1.29, 1.82) is 0 Å². The molecule has 0 saturated carbocycles. The first-order valence-corrected chi connectivity index (χ1v) is 9.88. The van der Waals surface area contributed by atoms with Crippen molar-refractivity contribution >= 4 is 17.4 Å². The second-order valence-corrected chi connectivity index (χ2v) is 8.61. The topological polar surface area (TPSA) is 75.3 Å². The van der Waals surface area contributed by atoms with Gasteiger partial charge in [0.15, 0.2) is 11.6 Å². The molecule has 0 aliphatic carbocycles. The normalized spacial score (nSPS) is 15.4. The largest absolute Gasteiger partial charge is 0.353 e. The van der Waals surface area contributed by atoms with Gasteiger partial charge in [-0.15, -0.1) is 0 Å². The summed E-state index contributed by atoms with van der Waals surface area (Å²) in [6.07, 6.45) is 1.52. The number of aryl methyl sites for hydroxylation is 2. The van der Waals surface area contributed by atoms with Crippen molar-refractivity contribution in [3.05, 3.63) is 34.9 Å². The van der Waals surface area contributed by atoms with Gasteiger partial charge >= 0.3 is 0 Å². The maximum absolute atomic E-state index is 14.8. The molecule has 0 radical (unpaired) electrons. The summed E-state index contributed by atoms with van der Waals surface area (Å²) >= 11 is 0. The summed E-state index contributed by atoms with van der Waals surface area (Å²) in [6, 6.07) is 0. The second-order valence-electron chi connectivity index (χ2n) is 8.61. The van der Waals surface area contributed by atoms with Gasteiger partial charge in [0.1, 0.15) is 18.0 Å². The molecular weight excluding hydrogens is 371 g/mol. The van der Waals surface area contributed by atoms with Crippen molar-refractivity contribution in [3.8, 4) is 0 Å². The summed E-state index contributed by atoms with van der Waals surface area (Å²) < 4.78 is 16.6. The number of aromatic nitrogens is 6. The fourth-order valence-electron chi connectivity index (χ4n) is 3.61. The van der Waals surface area contributed by atoms with Gasteiger partial charge in [0.25, 0.3) is 5.78 Å². The quantitative estimate of drug-likeness (QED) is 0.657. The number of nitrogens with zero attached hydrogens (tertiary/aromatic N) is 8. The molecule has 0 aromatic carbocycles. The summed E-state index contributed by atoms with van der Waals surface area (Å²) in [5.41, 5.74) is 2.18. The molecule has 0 bridgehead atoms. The lowest BCUT2D eigenvalue weighted by atomic mass is 9.95. The standard InChI is InChI=1S/C20H27FN8/c1-12-13(2)25-19-22-11-23-29(19)17(12)28-9-7-27(8-10-28)16-15(21)14(3)24-18(26-16)20(4,5)6/h11H,7-10H2,1-6H3. The molecule has 0 amide bonds. The van der Waals surface area contributed by atoms with Gasteiger partial charge in [-0.3, -0.25) is 0 Å². The van der Waals surface area contributed by atoms with Crippen LogP contribution in [-0.2, 0) is 5.41 Å². The van der Waals surface area contributed by atoms with Crippen LogP contribution in [0.15, 0.2) is 6.33 Å². The van der Waals surface area contributed by atoms with Crippen LogP contribution in [0.4, 0.5) is 16.0 Å². The van der Waals surface area contributed by atoms with Crippen LogP contribution >= 0.6 is 0 Å². The van der Waals surface area contributed by atoms with Crippen LogP contribution in [0.5, 0.6) is 0 Å². The van der Waals surface area contributed by atoms with Crippen molar-refractivity contribution < 1.29 is 4.39 Å². The molecule has 1 aliphatic rings. The molecule has 4 rings (SSSR count). The number of piperazine rings is 1. The zero-order chi connectivity index (χ0) is 20.9. The van der Waals surface area contributed by atoms with E-state index in [-0.39, 0.29) is 11.2 Å². The van der Waals surface area contributed by atoms with Crippen LogP contribution in [0, 0.1) is 26.6 Å². The van der Waals surface area contributed by atoms with Crippen LogP contribution in [0.25, 0.3) is 5.78 Å². The van der Waals surface area contributed by atoms with Crippen molar-refractivity contribution in [2.75, 3.05) is 36.0 Å². The Kier molecular flexibility index (Phi) is 4.63. The van der Waals surface area contributed by atoms with E-state index >= 15 is 0 Å². The fourth-order valence-corrected chi connectivity index (χ4v) is 3.61. The summed E-state index contributed by atoms with van der Waals surface area (Å²) in [5.74, 6) is 2.33. The van der Waals surface area contributed by atoms with Gasteiger partial charge in [-0.25, -0.2) is 19.3 Å². The summed E-state index contributed by atoms with van der Waals surface area (Å²) in [5, 5.41) is 4.34. The first-order valence-electron chi connectivity index (χ1n) is 9.88. The van der Waals surface area contributed by atoms with E-state index in [0.717, 1.165) is 30.2 Å². The van der Waals surface area contributed by atoms with Gasteiger partial charge in [0, 0.05) is 42.9 Å². The zero-order valence-electron chi connectivity index (χ0n) is 17.9. The van der Waals surface area contributed by atoms with E-state index in [2.05, 4.69) is 29.9 Å². The second kappa shape index (κ2) is 6.89. The molecule has 9 heteroatoms. The van der Waals surface area contributed by atoms with E-state index in [4.69, 9.17) is 0 Å². The van der Waals surface area contributed by atoms with Gasteiger partial charge in [-0.2, -0.15) is 14.6 Å². The first-order chi connectivity index (χ1) is 13.7. The highest BCUT2D eigenvalue weighted by Gasteiger charge is 2.28. The molecule has 0 unspecified atom stereocenters. The van der Waals surface area contributed by atoms with Crippen LogP contribution in [0.1, 0.15) is 43.5 Å². The van der Waals surface area contributed by atoms with Crippen molar-refractivity contribution in [3.63, 3.8) is 0 Å². The molecule has 0 spiro atoms. The van der Waals surface area contributed by atoms with Gasteiger partial charge < -0.3 is 9.80 Å². The molecule has 1 fully saturated rings. The highest BCUT2D eigenvalue weighted by atomic mass is 19.1. The molecule has 154 valence electrons. The van der Waals surface area contributed by atoms with E-state index in [1.54, 1.807) is 11.4 Å². The smallest absolute Gasteiger partial charge is 0.254 e. The van der Waals surface area contributed by atoms with Crippen LogP contribution < -0.4 is 9.80 Å². The number of fused-ring (bicyclic) bond motifs is 1. The van der Waals surface area contributed by atoms with E-state index in [1.165, 1.54) is 6.33 Å². The molecule has 8 nitrogen and oxygen atoms in total. The highest BCUT2D eigenvalue weighted by Crippen LogP contribution is 2.28. The zero-order valence-corrected chi connectivity index (χ0v) is 17.9. The highest BCUT2D eigenvalue weighted by molar-refractivity contribution is 5.55. The van der Waals surface area contributed by atoms with Gasteiger partial charge in [-0.1, -0.05) is 20.8 Å². The maximum atomic E-state index is 14.8. The van der Waals surface area contributed by atoms with Gasteiger partial charge in [-0.05, 0) is 20.8 Å². The Morgan fingerprint density at radius 3 is 2.21 bits per heavy atom. The van der Waals surface area contributed by atoms with E-state index in [9.17, 15) is 4.39 Å². The summed E-state index contributed by atoms with van der Waals surface area (Å²) in [4.78, 5) is 21.9. The van der Waals surface area contributed by atoms with Crippen LogP contribution in [0.3, 0.4) is 0 Å². The first kappa shape index (κ1) is 19.5. The molecule has 1 aliphatic heterocycles. The molecule has 4 heterocycles. The predicted molar refractivity (Wildman–Crippen MR) is 110 cm³/mol. The van der Waals surface area contributed by atoms with Crippen molar-refractivity contribution in [2.45, 2.75) is 47.0 Å².